The second-order valence-electron chi connectivity index (χ2n) is 5.72. The molecule has 4 heteroatoms. The first kappa shape index (κ1) is 15.1. The lowest BCUT2D eigenvalue weighted by molar-refractivity contribution is -0.131. The summed E-state index contributed by atoms with van der Waals surface area (Å²) in [5, 5.41) is 12.1. The lowest BCUT2D eigenvalue weighted by atomic mass is 9.98. The van der Waals surface area contributed by atoms with Crippen molar-refractivity contribution in [3.8, 4) is 6.07 Å². The van der Waals surface area contributed by atoms with Crippen LogP contribution in [0.3, 0.4) is 0 Å². The largest absolute Gasteiger partial charge is 0.381 e. The molecule has 0 aliphatic carbocycles. The third kappa shape index (κ3) is 3.70. The Bertz CT molecular complexity index is 734. The Morgan fingerprint density at radius 3 is 2.78 bits per heavy atom. The van der Waals surface area contributed by atoms with E-state index < -0.39 is 0 Å². The zero-order chi connectivity index (χ0) is 16.1. The van der Waals surface area contributed by atoms with E-state index in [0.717, 1.165) is 18.7 Å². The molecule has 1 aliphatic rings. The Labute approximate surface area is 136 Å². The number of amides is 1. The molecule has 23 heavy (non-hydrogen) atoms. The van der Waals surface area contributed by atoms with Crippen LogP contribution in [0.1, 0.15) is 23.1 Å². The fraction of sp³-hybridized carbons (Fsp3) is 0.263. The summed E-state index contributed by atoms with van der Waals surface area (Å²) in [7, 11) is 0. The summed E-state index contributed by atoms with van der Waals surface area (Å²) >= 11 is 0. The van der Waals surface area contributed by atoms with Crippen molar-refractivity contribution in [1.29, 1.82) is 5.26 Å². The normalized spacial score (nSPS) is 13.1. The molecule has 116 valence electrons. The number of carbonyl (C=O) groups excluding carboxylic acids is 1. The van der Waals surface area contributed by atoms with Crippen LogP contribution in [0.15, 0.2) is 48.5 Å². The molecule has 0 bridgehead atoms. The van der Waals surface area contributed by atoms with Crippen molar-refractivity contribution < 1.29 is 4.79 Å². The highest BCUT2D eigenvalue weighted by molar-refractivity contribution is 5.78. The number of nitrogens with zero attached hydrogens (tertiary/aromatic N) is 2. The summed E-state index contributed by atoms with van der Waals surface area (Å²) in [5.41, 5.74) is 4.81. The summed E-state index contributed by atoms with van der Waals surface area (Å²) in [6.45, 7) is 2.09. The van der Waals surface area contributed by atoms with E-state index >= 15 is 0 Å². The number of nitriles is 1. The van der Waals surface area contributed by atoms with E-state index in [1.54, 1.807) is 4.90 Å². The van der Waals surface area contributed by atoms with Gasteiger partial charge in [0.25, 0.3) is 0 Å². The van der Waals surface area contributed by atoms with E-state index in [1.807, 2.05) is 24.3 Å². The highest BCUT2D eigenvalue weighted by atomic mass is 16.2. The van der Waals surface area contributed by atoms with Crippen LogP contribution in [0.25, 0.3) is 0 Å². The van der Waals surface area contributed by atoms with Crippen LogP contribution in [0.4, 0.5) is 5.69 Å². The molecule has 1 heterocycles. The molecule has 1 aliphatic heterocycles. The fourth-order valence-electron chi connectivity index (χ4n) is 2.86. The highest BCUT2D eigenvalue weighted by Crippen LogP contribution is 2.23. The second-order valence-corrected chi connectivity index (χ2v) is 5.72. The molecule has 0 unspecified atom stereocenters. The van der Waals surface area contributed by atoms with Gasteiger partial charge in [0.05, 0.1) is 6.07 Å². The Kier molecular flexibility index (Phi) is 4.58. The van der Waals surface area contributed by atoms with Crippen molar-refractivity contribution in [3.63, 3.8) is 0 Å². The first-order valence-electron chi connectivity index (χ1n) is 7.80. The lowest BCUT2D eigenvalue weighted by Gasteiger charge is -2.28. The molecule has 0 saturated heterocycles. The van der Waals surface area contributed by atoms with Gasteiger partial charge in [0.2, 0.25) is 5.91 Å². The third-order valence-corrected chi connectivity index (χ3v) is 4.14. The monoisotopic (exact) mass is 305 g/mol. The lowest BCUT2D eigenvalue weighted by Crippen LogP contribution is -2.35. The molecule has 2 aromatic carbocycles. The van der Waals surface area contributed by atoms with Gasteiger partial charge < -0.3 is 10.2 Å². The van der Waals surface area contributed by atoms with Gasteiger partial charge in [-0.3, -0.25) is 4.79 Å². The quantitative estimate of drug-likeness (QED) is 0.944. The molecule has 0 spiro atoms. The molecule has 0 fully saturated rings. The van der Waals surface area contributed by atoms with Crippen molar-refractivity contribution in [2.75, 3.05) is 11.9 Å². The number of benzene rings is 2. The van der Waals surface area contributed by atoms with Gasteiger partial charge in [0, 0.05) is 25.3 Å². The smallest absolute Gasteiger partial charge is 0.237 e. The Hall–Kier alpha value is -2.80. The molecule has 4 nitrogen and oxygen atoms in total. The van der Waals surface area contributed by atoms with Crippen molar-refractivity contribution in [2.24, 2.45) is 0 Å². The maximum atomic E-state index is 11.8. The average molecular weight is 305 g/mol. The van der Waals surface area contributed by atoms with Gasteiger partial charge >= 0.3 is 0 Å². The number of hydrogen-bond donors (Lipinski definition) is 1. The van der Waals surface area contributed by atoms with Crippen LogP contribution in [-0.4, -0.2) is 17.4 Å². The third-order valence-electron chi connectivity index (χ3n) is 4.14. The Morgan fingerprint density at radius 2 is 2.00 bits per heavy atom. The number of nitrogens with one attached hydrogen (secondary N) is 1. The number of fused-ring (bicyclic) bond motifs is 1. The SMILES string of the molecule is N#CCC(=O)N1CCc2cc(NCc3ccccc3)ccc2C1. The van der Waals surface area contributed by atoms with Gasteiger partial charge in [-0.1, -0.05) is 36.4 Å². The van der Waals surface area contributed by atoms with Gasteiger partial charge in [-0.25, -0.2) is 0 Å². The predicted octanol–water partition coefficient (Wildman–Crippen LogP) is 3.10. The summed E-state index contributed by atoms with van der Waals surface area (Å²) in [6, 6.07) is 18.5. The van der Waals surface area contributed by atoms with Gasteiger partial charge in [0.1, 0.15) is 6.42 Å². The fourth-order valence-corrected chi connectivity index (χ4v) is 2.86. The average Bonchev–Trinajstić information content (AvgIpc) is 2.60. The van der Waals surface area contributed by atoms with E-state index in [0.29, 0.717) is 13.1 Å². The molecule has 1 amide bonds. The molecule has 1 N–H and O–H groups in total. The molecule has 0 atom stereocenters. The van der Waals surface area contributed by atoms with E-state index in [2.05, 4.69) is 35.6 Å². The molecular weight excluding hydrogens is 286 g/mol. The molecule has 2 aromatic rings. The Morgan fingerprint density at radius 1 is 1.17 bits per heavy atom. The van der Waals surface area contributed by atoms with Crippen LogP contribution in [0.5, 0.6) is 0 Å². The van der Waals surface area contributed by atoms with Gasteiger partial charge in [-0.05, 0) is 35.2 Å². The number of hydrogen-bond acceptors (Lipinski definition) is 3. The van der Waals surface area contributed by atoms with Crippen LogP contribution < -0.4 is 5.32 Å². The van der Waals surface area contributed by atoms with Crippen LogP contribution in [0.2, 0.25) is 0 Å². The van der Waals surface area contributed by atoms with E-state index in [-0.39, 0.29) is 12.3 Å². The minimum Gasteiger partial charge on any atom is -0.381 e. The maximum Gasteiger partial charge on any atom is 0.237 e. The van der Waals surface area contributed by atoms with Crippen LogP contribution in [-0.2, 0) is 24.3 Å². The minimum atomic E-state index is -0.0792. The zero-order valence-electron chi connectivity index (χ0n) is 13.0. The number of rotatable bonds is 4. The molecule has 0 radical (unpaired) electrons. The molecular formula is C19H19N3O. The standard InChI is InChI=1S/C19H19N3O/c20-10-8-19(23)22-11-9-16-12-18(7-6-17(16)14-22)21-13-15-4-2-1-3-5-15/h1-7,12,21H,8-9,11,13-14H2. The molecule has 0 saturated carbocycles. The first-order valence-corrected chi connectivity index (χ1v) is 7.80. The number of anilines is 1. The first-order chi connectivity index (χ1) is 11.3. The summed E-state index contributed by atoms with van der Waals surface area (Å²) in [4.78, 5) is 13.6. The molecule has 0 aromatic heterocycles. The minimum absolute atomic E-state index is 0.0357. The van der Waals surface area contributed by atoms with E-state index in [4.69, 9.17) is 5.26 Å². The maximum absolute atomic E-state index is 11.8. The van der Waals surface area contributed by atoms with Crippen molar-refractivity contribution in [3.05, 3.63) is 65.2 Å². The molecule has 3 rings (SSSR count). The van der Waals surface area contributed by atoms with Crippen molar-refractivity contribution in [2.45, 2.75) is 25.9 Å². The topological polar surface area (TPSA) is 56.1 Å². The zero-order valence-corrected chi connectivity index (χ0v) is 13.0. The highest BCUT2D eigenvalue weighted by Gasteiger charge is 2.20. The van der Waals surface area contributed by atoms with E-state index in [9.17, 15) is 4.79 Å². The van der Waals surface area contributed by atoms with Gasteiger partial charge in [-0.15, -0.1) is 0 Å². The van der Waals surface area contributed by atoms with E-state index in [1.165, 1.54) is 16.7 Å². The second kappa shape index (κ2) is 6.97. The summed E-state index contributed by atoms with van der Waals surface area (Å²) in [5.74, 6) is -0.0792. The summed E-state index contributed by atoms with van der Waals surface area (Å²) in [6.07, 6.45) is 0.805. The van der Waals surface area contributed by atoms with Crippen LogP contribution in [0, 0.1) is 11.3 Å². The predicted molar refractivity (Wildman–Crippen MR) is 89.6 cm³/mol. The Balaban J connectivity index is 1.65. The van der Waals surface area contributed by atoms with Crippen LogP contribution >= 0.6 is 0 Å². The van der Waals surface area contributed by atoms with Gasteiger partial charge in [-0.2, -0.15) is 5.26 Å². The summed E-state index contributed by atoms with van der Waals surface area (Å²) < 4.78 is 0. The van der Waals surface area contributed by atoms with Gasteiger partial charge in [0.15, 0.2) is 0 Å². The van der Waals surface area contributed by atoms with Crippen molar-refractivity contribution >= 4 is 11.6 Å². The van der Waals surface area contributed by atoms with Crippen molar-refractivity contribution in [1.82, 2.24) is 4.90 Å². The number of carbonyl (C=O) groups is 1.